The smallest absolute Gasteiger partial charge is 0.238 e. The molecule has 1 aromatic carbocycles. The summed E-state index contributed by atoms with van der Waals surface area (Å²) in [6.45, 7) is 4.11. The van der Waals surface area contributed by atoms with Crippen LogP contribution in [0.4, 0.5) is 0 Å². The molecule has 0 fully saturated rings. The zero-order valence-electron chi connectivity index (χ0n) is 11.8. The van der Waals surface area contributed by atoms with Crippen molar-refractivity contribution in [3.8, 4) is 17.4 Å². The topological polar surface area (TPSA) is 31.4 Å². The summed E-state index contributed by atoms with van der Waals surface area (Å²) < 4.78 is 11.8. The molecule has 3 nitrogen and oxygen atoms in total. The normalized spacial score (nSPS) is 15.4. The van der Waals surface area contributed by atoms with Crippen molar-refractivity contribution >= 4 is 23.2 Å². The highest BCUT2D eigenvalue weighted by atomic mass is 35.5. The van der Waals surface area contributed by atoms with Gasteiger partial charge in [0.05, 0.1) is 0 Å². The number of aromatic nitrogens is 1. The number of hydrogen-bond donors (Lipinski definition) is 0. The summed E-state index contributed by atoms with van der Waals surface area (Å²) in [6.07, 6.45) is 2.51. The van der Waals surface area contributed by atoms with Crippen molar-refractivity contribution in [1.29, 1.82) is 0 Å². The standard InChI is InChI=1S/C16H15Cl2NO2/c1-16(2)7-11-4-3-5-13(14(11)21-16)20-15-12(18)6-10(8-17)9-19-15/h3-6,9H,7-8H2,1-2H3. The number of para-hydroxylation sites is 1. The minimum absolute atomic E-state index is 0.221. The van der Waals surface area contributed by atoms with Crippen molar-refractivity contribution < 1.29 is 9.47 Å². The van der Waals surface area contributed by atoms with Crippen LogP contribution in [0.25, 0.3) is 0 Å². The fraction of sp³-hybridized carbons (Fsp3) is 0.312. The number of pyridine rings is 1. The maximum atomic E-state index is 6.18. The van der Waals surface area contributed by atoms with E-state index >= 15 is 0 Å². The molecular weight excluding hydrogens is 309 g/mol. The first-order chi connectivity index (χ1) is 9.98. The molecule has 2 heterocycles. The summed E-state index contributed by atoms with van der Waals surface area (Å²) in [7, 11) is 0. The van der Waals surface area contributed by atoms with Crippen molar-refractivity contribution in [3.63, 3.8) is 0 Å². The van der Waals surface area contributed by atoms with Crippen molar-refractivity contribution in [2.45, 2.75) is 31.7 Å². The Morgan fingerprint density at radius 2 is 2.19 bits per heavy atom. The van der Waals surface area contributed by atoms with E-state index in [-0.39, 0.29) is 5.60 Å². The summed E-state index contributed by atoms with van der Waals surface area (Å²) in [6, 6.07) is 7.60. The SMILES string of the molecule is CC1(C)Cc2cccc(Oc3ncc(CCl)cc3Cl)c2O1. The molecule has 0 saturated carbocycles. The Hall–Kier alpha value is -1.45. The van der Waals surface area contributed by atoms with E-state index in [1.54, 1.807) is 12.3 Å². The third-order valence-electron chi connectivity index (χ3n) is 3.28. The molecule has 3 rings (SSSR count). The zero-order valence-corrected chi connectivity index (χ0v) is 13.3. The summed E-state index contributed by atoms with van der Waals surface area (Å²) in [4.78, 5) is 4.21. The first-order valence-electron chi connectivity index (χ1n) is 6.68. The molecule has 0 unspecified atom stereocenters. The molecule has 0 amide bonds. The molecule has 0 bridgehead atoms. The van der Waals surface area contributed by atoms with Crippen LogP contribution in [-0.4, -0.2) is 10.6 Å². The van der Waals surface area contributed by atoms with Crippen molar-refractivity contribution in [2.24, 2.45) is 0 Å². The lowest BCUT2D eigenvalue weighted by Crippen LogP contribution is -2.24. The maximum absolute atomic E-state index is 6.18. The number of hydrogen-bond acceptors (Lipinski definition) is 3. The Morgan fingerprint density at radius 1 is 1.38 bits per heavy atom. The van der Waals surface area contributed by atoms with E-state index in [9.17, 15) is 0 Å². The third-order valence-corrected chi connectivity index (χ3v) is 3.86. The summed E-state index contributed by atoms with van der Waals surface area (Å²) in [5, 5.41) is 0.433. The average molecular weight is 324 g/mol. The summed E-state index contributed by atoms with van der Waals surface area (Å²) >= 11 is 11.9. The van der Waals surface area contributed by atoms with Gasteiger partial charge < -0.3 is 9.47 Å². The number of fused-ring (bicyclic) bond motifs is 1. The van der Waals surface area contributed by atoms with Gasteiger partial charge in [0.25, 0.3) is 0 Å². The molecule has 1 aliphatic rings. The molecule has 0 radical (unpaired) electrons. The fourth-order valence-corrected chi connectivity index (χ4v) is 2.76. The first-order valence-corrected chi connectivity index (χ1v) is 7.59. The number of alkyl halides is 1. The predicted octanol–water partition coefficient (Wildman–Crippen LogP) is 4.98. The lowest BCUT2D eigenvalue weighted by atomic mass is 10.0. The number of halogens is 2. The molecule has 0 N–H and O–H groups in total. The van der Waals surface area contributed by atoms with Gasteiger partial charge in [-0.3, -0.25) is 0 Å². The molecule has 0 saturated heterocycles. The molecule has 1 aliphatic heterocycles. The Kier molecular flexibility index (Phi) is 3.72. The van der Waals surface area contributed by atoms with Gasteiger partial charge in [0.1, 0.15) is 10.6 Å². The highest BCUT2D eigenvalue weighted by molar-refractivity contribution is 6.32. The minimum Gasteiger partial charge on any atom is -0.483 e. The van der Waals surface area contributed by atoms with Gasteiger partial charge in [0, 0.05) is 24.1 Å². The Bertz CT molecular complexity index is 686. The van der Waals surface area contributed by atoms with Gasteiger partial charge in [0.15, 0.2) is 11.5 Å². The molecule has 0 spiro atoms. The predicted molar refractivity (Wildman–Crippen MR) is 83.7 cm³/mol. The minimum atomic E-state index is -0.221. The summed E-state index contributed by atoms with van der Waals surface area (Å²) in [5.74, 6) is 2.12. The fourth-order valence-electron chi connectivity index (χ4n) is 2.39. The molecular formula is C16H15Cl2NO2. The van der Waals surface area contributed by atoms with Gasteiger partial charge in [-0.15, -0.1) is 11.6 Å². The largest absolute Gasteiger partial charge is 0.483 e. The Labute approximate surface area is 133 Å². The molecule has 0 aliphatic carbocycles. The van der Waals surface area contributed by atoms with Crippen LogP contribution < -0.4 is 9.47 Å². The lowest BCUT2D eigenvalue weighted by molar-refractivity contribution is 0.135. The van der Waals surface area contributed by atoms with Crippen LogP contribution in [-0.2, 0) is 12.3 Å². The van der Waals surface area contributed by atoms with Gasteiger partial charge in [-0.05, 0) is 31.5 Å². The second kappa shape index (κ2) is 5.39. The third kappa shape index (κ3) is 2.94. The van der Waals surface area contributed by atoms with Crippen molar-refractivity contribution in [2.75, 3.05) is 0 Å². The highest BCUT2D eigenvalue weighted by Gasteiger charge is 2.32. The quantitative estimate of drug-likeness (QED) is 0.746. The van der Waals surface area contributed by atoms with Crippen LogP contribution in [0.3, 0.4) is 0 Å². The van der Waals surface area contributed by atoms with E-state index in [4.69, 9.17) is 32.7 Å². The van der Waals surface area contributed by atoms with E-state index < -0.39 is 0 Å². The van der Waals surface area contributed by atoms with Crippen LogP contribution in [0.2, 0.25) is 5.02 Å². The van der Waals surface area contributed by atoms with E-state index in [1.807, 2.05) is 18.2 Å². The van der Waals surface area contributed by atoms with Crippen LogP contribution in [0, 0.1) is 0 Å². The van der Waals surface area contributed by atoms with Crippen LogP contribution in [0.15, 0.2) is 30.5 Å². The van der Waals surface area contributed by atoms with Gasteiger partial charge in [-0.2, -0.15) is 0 Å². The number of ether oxygens (including phenoxy) is 2. The molecule has 110 valence electrons. The Morgan fingerprint density at radius 3 is 2.90 bits per heavy atom. The monoisotopic (exact) mass is 323 g/mol. The zero-order chi connectivity index (χ0) is 15.0. The summed E-state index contributed by atoms with van der Waals surface area (Å²) in [5.41, 5.74) is 1.76. The molecule has 5 heteroatoms. The van der Waals surface area contributed by atoms with E-state index in [1.165, 1.54) is 0 Å². The highest BCUT2D eigenvalue weighted by Crippen LogP contribution is 2.43. The van der Waals surface area contributed by atoms with Crippen LogP contribution in [0.1, 0.15) is 25.0 Å². The second-order valence-corrected chi connectivity index (χ2v) is 6.32. The number of rotatable bonds is 3. The molecule has 1 aromatic heterocycles. The van der Waals surface area contributed by atoms with E-state index in [0.29, 0.717) is 22.5 Å². The van der Waals surface area contributed by atoms with Gasteiger partial charge in [-0.25, -0.2) is 4.98 Å². The number of nitrogens with zero attached hydrogens (tertiary/aromatic N) is 1. The first kappa shape index (κ1) is 14.5. The van der Waals surface area contributed by atoms with Crippen molar-refractivity contribution in [3.05, 3.63) is 46.6 Å². The molecule has 0 atom stereocenters. The maximum Gasteiger partial charge on any atom is 0.238 e. The van der Waals surface area contributed by atoms with Crippen LogP contribution in [0.5, 0.6) is 17.4 Å². The second-order valence-electron chi connectivity index (χ2n) is 5.65. The van der Waals surface area contributed by atoms with E-state index in [0.717, 1.165) is 23.3 Å². The van der Waals surface area contributed by atoms with Crippen LogP contribution >= 0.6 is 23.2 Å². The lowest BCUT2D eigenvalue weighted by Gasteiger charge is -2.18. The average Bonchev–Trinajstić information content (AvgIpc) is 2.76. The van der Waals surface area contributed by atoms with E-state index in [2.05, 4.69) is 18.8 Å². The van der Waals surface area contributed by atoms with Gasteiger partial charge >= 0.3 is 0 Å². The van der Waals surface area contributed by atoms with Gasteiger partial charge in [-0.1, -0.05) is 23.7 Å². The molecule has 2 aromatic rings. The van der Waals surface area contributed by atoms with Crippen molar-refractivity contribution in [1.82, 2.24) is 4.98 Å². The Balaban J connectivity index is 1.92. The number of benzene rings is 1. The van der Waals surface area contributed by atoms with Gasteiger partial charge in [0.2, 0.25) is 5.88 Å². The molecule has 21 heavy (non-hydrogen) atoms.